The van der Waals surface area contributed by atoms with E-state index in [2.05, 4.69) is 5.32 Å². The molecule has 0 aromatic heterocycles. The Hall–Kier alpha value is -2.62. The largest absolute Gasteiger partial charge is 0.465 e. The summed E-state index contributed by atoms with van der Waals surface area (Å²) in [6.07, 6.45) is 0. The van der Waals surface area contributed by atoms with Crippen LogP contribution in [0.4, 0.5) is 5.69 Å². The molecule has 0 bridgehead atoms. The first-order valence-corrected chi connectivity index (χ1v) is 6.17. The third kappa shape index (κ3) is 3.03. The molecule has 0 radical (unpaired) electrons. The van der Waals surface area contributed by atoms with Crippen molar-refractivity contribution in [2.75, 3.05) is 12.4 Å². The van der Waals surface area contributed by atoms with Gasteiger partial charge in [0.25, 0.3) is 0 Å². The lowest BCUT2D eigenvalue weighted by atomic mass is 10.0. The fourth-order valence-corrected chi connectivity index (χ4v) is 1.94. The van der Waals surface area contributed by atoms with Gasteiger partial charge in [-0.2, -0.15) is 0 Å². The molecule has 0 aliphatic rings. The molecule has 20 heavy (non-hydrogen) atoms. The monoisotopic (exact) mass is 269 g/mol. The number of hydrogen-bond donors (Lipinski definition) is 1. The van der Waals surface area contributed by atoms with Crippen LogP contribution in [0.15, 0.2) is 48.5 Å². The number of amides is 1. The number of anilines is 1. The van der Waals surface area contributed by atoms with Crippen LogP contribution >= 0.6 is 0 Å². The molecule has 2 aromatic carbocycles. The number of benzene rings is 2. The smallest absolute Gasteiger partial charge is 0.337 e. The molecule has 4 nitrogen and oxygen atoms in total. The maximum absolute atomic E-state index is 11.6. The first-order chi connectivity index (χ1) is 9.61. The number of nitrogens with one attached hydrogen (secondary N) is 1. The zero-order valence-corrected chi connectivity index (χ0v) is 11.3. The van der Waals surface area contributed by atoms with E-state index in [0.717, 1.165) is 11.1 Å². The third-order valence-electron chi connectivity index (χ3n) is 2.84. The molecule has 0 aliphatic heterocycles. The number of carbonyl (C=O) groups excluding carboxylic acids is 2. The predicted octanol–water partition coefficient (Wildman–Crippen LogP) is 3.10. The van der Waals surface area contributed by atoms with Gasteiger partial charge >= 0.3 is 5.97 Å². The minimum absolute atomic E-state index is 0.159. The second kappa shape index (κ2) is 6.02. The average Bonchev–Trinajstić information content (AvgIpc) is 2.47. The van der Waals surface area contributed by atoms with E-state index in [0.29, 0.717) is 11.3 Å². The van der Waals surface area contributed by atoms with Crippen LogP contribution in [-0.2, 0) is 9.53 Å². The minimum atomic E-state index is -0.406. The van der Waals surface area contributed by atoms with Gasteiger partial charge in [-0.3, -0.25) is 4.79 Å². The van der Waals surface area contributed by atoms with Crippen LogP contribution in [0.1, 0.15) is 17.3 Å². The standard InChI is InChI=1S/C16H15NO3/c1-11(18)17-15-9-8-13(16(19)20-2)10-14(15)12-6-4-3-5-7-12/h3-10H,1-2H3,(H,17,18). The van der Waals surface area contributed by atoms with Crippen LogP contribution in [0.25, 0.3) is 11.1 Å². The van der Waals surface area contributed by atoms with Gasteiger partial charge in [0.1, 0.15) is 0 Å². The molecule has 0 heterocycles. The Morgan fingerprint density at radius 3 is 2.35 bits per heavy atom. The quantitative estimate of drug-likeness (QED) is 0.871. The van der Waals surface area contributed by atoms with Crippen molar-refractivity contribution in [3.63, 3.8) is 0 Å². The maximum Gasteiger partial charge on any atom is 0.337 e. The topological polar surface area (TPSA) is 55.4 Å². The molecule has 4 heteroatoms. The highest BCUT2D eigenvalue weighted by atomic mass is 16.5. The number of methoxy groups -OCH3 is 1. The molecule has 0 saturated carbocycles. The molecule has 0 spiro atoms. The lowest BCUT2D eigenvalue weighted by Crippen LogP contribution is -2.08. The molecule has 2 aromatic rings. The minimum Gasteiger partial charge on any atom is -0.465 e. The molecular weight excluding hydrogens is 254 g/mol. The number of esters is 1. The van der Waals surface area contributed by atoms with Crippen molar-refractivity contribution >= 4 is 17.6 Å². The van der Waals surface area contributed by atoms with Crippen molar-refractivity contribution in [1.82, 2.24) is 0 Å². The van der Waals surface area contributed by atoms with Crippen LogP contribution < -0.4 is 5.32 Å². The Morgan fingerprint density at radius 2 is 1.75 bits per heavy atom. The van der Waals surface area contributed by atoms with Crippen molar-refractivity contribution < 1.29 is 14.3 Å². The molecule has 2 rings (SSSR count). The van der Waals surface area contributed by atoms with Crippen molar-refractivity contribution in [3.05, 3.63) is 54.1 Å². The van der Waals surface area contributed by atoms with E-state index >= 15 is 0 Å². The normalized spacial score (nSPS) is 9.90. The molecule has 102 valence electrons. The average molecular weight is 269 g/mol. The van der Waals surface area contributed by atoms with Crippen LogP contribution in [0.3, 0.4) is 0 Å². The molecule has 0 atom stereocenters. The first-order valence-electron chi connectivity index (χ1n) is 6.17. The third-order valence-corrected chi connectivity index (χ3v) is 2.84. The Kier molecular flexibility index (Phi) is 4.15. The second-order valence-electron chi connectivity index (χ2n) is 4.30. The second-order valence-corrected chi connectivity index (χ2v) is 4.30. The number of rotatable bonds is 3. The highest BCUT2D eigenvalue weighted by molar-refractivity contribution is 5.97. The van der Waals surface area contributed by atoms with Crippen LogP contribution in [0.5, 0.6) is 0 Å². The fourth-order valence-electron chi connectivity index (χ4n) is 1.94. The summed E-state index contributed by atoms with van der Waals surface area (Å²) in [6.45, 7) is 1.45. The van der Waals surface area contributed by atoms with E-state index < -0.39 is 5.97 Å². The summed E-state index contributed by atoms with van der Waals surface area (Å²) in [5.74, 6) is -0.565. The molecule has 0 aliphatic carbocycles. The summed E-state index contributed by atoms with van der Waals surface area (Å²) in [6, 6.07) is 14.6. The van der Waals surface area contributed by atoms with Crippen molar-refractivity contribution in [2.45, 2.75) is 6.92 Å². The van der Waals surface area contributed by atoms with E-state index in [1.807, 2.05) is 30.3 Å². The fraction of sp³-hybridized carbons (Fsp3) is 0.125. The summed E-state index contributed by atoms with van der Waals surface area (Å²) in [5.41, 5.74) is 2.81. The summed E-state index contributed by atoms with van der Waals surface area (Å²) in [4.78, 5) is 22.9. The zero-order chi connectivity index (χ0) is 14.5. The Labute approximate surface area is 117 Å². The Bertz CT molecular complexity index is 635. The van der Waals surface area contributed by atoms with Gasteiger partial charge in [-0.1, -0.05) is 30.3 Å². The van der Waals surface area contributed by atoms with Gasteiger partial charge in [-0.15, -0.1) is 0 Å². The highest BCUT2D eigenvalue weighted by Gasteiger charge is 2.12. The number of carbonyl (C=O) groups is 2. The maximum atomic E-state index is 11.6. The van der Waals surface area contributed by atoms with Gasteiger partial charge in [-0.25, -0.2) is 4.79 Å². The van der Waals surface area contributed by atoms with E-state index in [-0.39, 0.29) is 5.91 Å². The van der Waals surface area contributed by atoms with E-state index in [9.17, 15) is 9.59 Å². The molecule has 0 unspecified atom stereocenters. The van der Waals surface area contributed by atoms with Crippen LogP contribution in [0, 0.1) is 0 Å². The molecular formula is C16H15NO3. The summed E-state index contributed by atoms with van der Waals surface area (Å²) in [5, 5.41) is 2.76. The Balaban J connectivity index is 2.54. The van der Waals surface area contributed by atoms with Gasteiger partial charge in [0.2, 0.25) is 5.91 Å². The molecule has 1 N–H and O–H groups in total. The van der Waals surface area contributed by atoms with E-state index in [4.69, 9.17) is 4.74 Å². The highest BCUT2D eigenvalue weighted by Crippen LogP contribution is 2.29. The van der Waals surface area contributed by atoms with Gasteiger partial charge in [0, 0.05) is 18.2 Å². The summed E-state index contributed by atoms with van der Waals surface area (Å²) < 4.78 is 4.72. The first kappa shape index (κ1) is 13.8. The predicted molar refractivity (Wildman–Crippen MR) is 77.5 cm³/mol. The Morgan fingerprint density at radius 1 is 1.05 bits per heavy atom. The summed E-state index contributed by atoms with van der Waals surface area (Å²) in [7, 11) is 1.34. The molecule has 0 saturated heterocycles. The summed E-state index contributed by atoms with van der Waals surface area (Å²) >= 11 is 0. The lowest BCUT2D eigenvalue weighted by molar-refractivity contribution is -0.114. The molecule has 0 fully saturated rings. The van der Waals surface area contributed by atoms with Crippen molar-refractivity contribution in [1.29, 1.82) is 0 Å². The SMILES string of the molecule is COC(=O)c1ccc(NC(C)=O)c(-c2ccccc2)c1. The van der Waals surface area contributed by atoms with Gasteiger partial charge in [0.15, 0.2) is 0 Å². The van der Waals surface area contributed by atoms with Gasteiger partial charge in [-0.05, 0) is 23.8 Å². The van der Waals surface area contributed by atoms with E-state index in [1.165, 1.54) is 14.0 Å². The number of hydrogen-bond acceptors (Lipinski definition) is 3. The van der Waals surface area contributed by atoms with Crippen LogP contribution in [-0.4, -0.2) is 19.0 Å². The van der Waals surface area contributed by atoms with E-state index in [1.54, 1.807) is 18.2 Å². The zero-order valence-electron chi connectivity index (χ0n) is 11.3. The van der Waals surface area contributed by atoms with Gasteiger partial charge in [0.05, 0.1) is 12.7 Å². The van der Waals surface area contributed by atoms with Crippen LogP contribution in [0.2, 0.25) is 0 Å². The van der Waals surface area contributed by atoms with Crippen molar-refractivity contribution in [2.24, 2.45) is 0 Å². The molecule has 1 amide bonds. The van der Waals surface area contributed by atoms with Crippen molar-refractivity contribution in [3.8, 4) is 11.1 Å². The lowest BCUT2D eigenvalue weighted by Gasteiger charge is -2.11. The van der Waals surface area contributed by atoms with Gasteiger partial charge < -0.3 is 10.1 Å². The number of ether oxygens (including phenoxy) is 1.